The Morgan fingerprint density at radius 2 is 1.89 bits per heavy atom. The van der Waals surface area contributed by atoms with Gasteiger partial charge < -0.3 is 15.4 Å². The molecule has 1 saturated heterocycles. The first-order valence-corrected chi connectivity index (χ1v) is 7.13. The number of hydrogen-bond acceptors (Lipinski definition) is 4. The summed E-state index contributed by atoms with van der Waals surface area (Å²) < 4.78 is 5.32. The summed E-state index contributed by atoms with van der Waals surface area (Å²) in [5, 5.41) is 0. The Balaban J connectivity index is 2.35. The van der Waals surface area contributed by atoms with Crippen LogP contribution < -0.4 is 5.73 Å². The Kier molecular flexibility index (Phi) is 6.23. The Morgan fingerprint density at radius 1 is 1.32 bits per heavy atom. The fraction of sp³-hybridized carbons (Fsp3) is 0.929. The molecule has 5 heteroatoms. The molecule has 1 atom stereocenters. The first kappa shape index (κ1) is 16.4. The number of piperazine rings is 1. The molecule has 1 amide bonds. The van der Waals surface area contributed by atoms with Crippen molar-refractivity contribution in [2.24, 2.45) is 11.7 Å². The molecule has 0 aliphatic carbocycles. The Bertz CT molecular complexity index is 286. The van der Waals surface area contributed by atoms with E-state index in [1.165, 1.54) is 0 Å². The summed E-state index contributed by atoms with van der Waals surface area (Å²) in [6.07, 6.45) is 0.447. The molecule has 0 aromatic carbocycles. The summed E-state index contributed by atoms with van der Waals surface area (Å²) in [5.41, 5.74) is 5.27. The summed E-state index contributed by atoms with van der Waals surface area (Å²) >= 11 is 0. The highest BCUT2D eigenvalue weighted by Crippen LogP contribution is 2.16. The van der Waals surface area contributed by atoms with Crippen LogP contribution in [0.25, 0.3) is 0 Å². The van der Waals surface area contributed by atoms with Crippen LogP contribution >= 0.6 is 0 Å². The quantitative estimate of drug-likeness (QED) is 0.766. The van der Waals surface area contributed by atoms with Crippen LogP contribution in [0.1, 0.15) is 27.2 Å². The highest BCUT2D eigenvalue weighted by atomic mass is 16.5. The van der Waals surface area contributed by atoms with E-state index in [1.54, 1.807) is 7.11 Å². The summed E-state index contributed by atoms with van der Waals surface area (Å²) in [7, 11) is 1.65. The van der Waals surface area contributed by atoms with Crippen molar-refractivity contribution < 1.29 is 9.53 Å². The Morgan fingerprint density at radius 3 is 2.37 bits per heavy atom. The van der Waals surface area contributed by atoms with Crippen LogP contribution in [0.4, 0.5) is 0 Å². The van der Waals surface area contributed by atoms with Gasteiger partial charge in [0.25, 0.3) is 0 Å². The highest BCUT2D eigenvalue weighted by Gasteiger charge is 2.27. The molecule has 0 saturated carbocycles. The number of carbonyl (C=O) groups excluding carboxylic acids is 1. The van der Waals surface area contributed by atoms with E-state index in [4.69, 9.17) is 10.5 Å². The maximum Gasteiger partial charge on any atom is 0.225 e. The van der Waals surface area contributed by atoms with E-state index >= 15 is 0 Å². The molecule has 0 aromatic rings. The third kappa shape index (κ3) is 5.47. The number of nitrogens with zero attached hydrogens (tertiary/aromatic N) is 2. The van der Waals surface area contributed by atoms with Crippen molar-refractivity contribution in [1.29, 1.82) is 0 Å². The second kappa shape index (κ2) is 7.22. The van der Waals surface area contributed by atoms with E-state index in [-0.39, 0.29) is 11.5 Å². The zero-order valence-electron chi connectivity index (χ0n) is 12.8. The van der Waals surface area contributed by atoms with Gasteiger partial charge in [-0.1, -0.05) is 6.92 Å². The zero-order chi connectivity index (χ0) is 14.5. The van der Waals surface area contributed by atoms with Crippen LogP contribution in [0.5, 0.6) is 0 Å². The number of nitrogens with two attached hydrogens (primary N) is 1. The number of hydrogen-bond donors (Lipinski definition) is 1. The summed E-state index contributed by atoms with van der Waals surface area (Å²) in [6, 6.07) is 0. The predicted octanol–water partition coefficient (Wildman–Crippen LogP) is 0.541. The van der Waals surface area contributed by atoms with Gasteiger partial charge in [0.1, 0.15) is 0 Å². The lowest BCUT2D eigenvalue weighted by Gasteiger charge is -2.37. The smallest absolute Gasteiger partial charge is 0.225 e. The normalized spacial score (nSPS) is 19.5. The standard InChI is InChI=1S/C14H29N3O2/c1-12(10-15)11-16-5-7-17(8-6-16)13(18)9-14(2,3)19-4/h12H,5-11,15H2,1-4H3. The third-order valence-corrected chi connectivity index (χ3v) is 3.83. The van der Waals surface area contributed by atoms with Gasteiger partial charge in [0.15, 0.2) is 0 Å². The van der Waals surface area contributed by atoms with Crippen LogP contribution in [0, 0.1) is 5.92 Å². The number of amides is 1. The van der Waals surface area contributed by atoms with Gasteiger partial charge in [0.05, 0.1) is 12.0 Å². The molecule has 5 nitrogen and oxygen atoms in total. The fourth-order valence-corrected chi connectivity index (χ4v) is 2.24. The van der Waals surface area contributed by atoms with E-state index in [9.17, 15) is 4.79 Å². The summed E-state index contributed by atoms with van der Waals surface area (Å²) in [5.74, 6) is 0.716. The Labute approximate surface area is 117 Å². The van der Waals surface area contributed by atoms with Crippen molar-refractivity contribution in [2.45, 2.75) is 32.8 Å². The minimum absolute atomic E-state index is 0.193. The molecule has 0 aromatic heterocycles. The maximum atomic E-state index is 12.2. The van der Waals surface area contributed by atoms with Gasteiger partial charge in [0.2, 0.25) is 5.91 Å². The van der Waals surface area contributed by atoms with Crippen LogP contribution in [0.3, 0.4) is 0 Å². The molecular weight excluding hydrogens is 242 g/mol. The van der Waals surface area contributed by atoms with Crippen LogP contribution in [0.15, 0.2) is 0 Å². The minimum Gasteiger partial charge on any atom is -0.378 e. The SMILES string of the molecule is COC(C)(C)CC(=O)N1CCN(CC(C)CN)CC1. The van der Waals surface area contributed by atoms with E-state index in [2.05, 4.69) is 11.8 Å². The van der Waals surface area contributed by atoms with Gasteiger partial charge in [-0.25, -0.2) is 0 Å². The monoisotopic (exact) mass is 271 g/mol. The lowest BCUT2D eigenvalue weighted by molar-refractivity contribution is -0.138. The van der Waals surface area contributed by atoms with Gasteiger partial charge >= 0.3 is 0 Å². The molecule has 19 heavy (non-hydrogen) atoms. The molecule has 1 heterocycles. The van der Waals surface area contributed by atoms with E-state index in [1.807, 2.05) is 18.7 Å². The van der Waals surface area contributed by atoms with Gasteiger partial charge in [-0.15, -0.1) is 0 Å². The molecule has 1 aliphatic rings. The second-order valence-electron chi connectivity index (χ2n) is 6.16. The number of ether oxygens (including phenoxy) is 1. The largest absolute Gasteiger partial charge is 0.378 e. The molecule has 0 radical (unpaired) electrons. The fourth-order valence-electron chi connectivity index (χ4n) is 2.24. The molecule has 0 spiro atoms. The number of carbonyl (C=O) groups is 1. The van der Waals surface area contributed by atoms with Gasteiger partial charge in [-0.05, 0) is 26.3 Å². The van der Waals surface area contributed by atoms with E-state index in [0.717, 1.165) is 39.3 Å². The molecule has 1 unspecified atom stereocenters. The topological polar surface area (TPSA) is 58.8 Å². The average molecular weight is 271 g/mol. The second-order valence-corrected chi connectivity index (χ2v) is 6.16. The highest BCUT2D eigenvalue weighted by molar-refractivity contribution is 5.77. The summed E-state index contributed by atoms with van der Waals surface area (Å²) in [4.78, 5) is 16.5. The van der Waals surface area contributed by atoms with Crippen LogP contribution in [-0.2, 0) is 9.53 Å². The van der Waals surface area contributed by atoms with Gasteiger partial charge in [-0.3, -0.25) is 9.69 Å². The molecule has 2 N–H and O–H groups in total. The molecule has 0 bridgehead atoms. The zero-order valence-corrected chi connectivity index (χ0v) is 12.8. The van der Waals surface area contributed by atoms with Crippen molar-refractivity contribution >= 4 is 5.91 Å². The van der Waals surface area contributed by atoms with Crippen LogP contribution in [0.2, 0.25) is 0 Å². The van der Waals surface area contributed by atoms with E-state index in [0.29, 0.717) is 12.3 Å². The predicted molar refractivity (Wildman–Crippen MR) is 76.9 cm³/mol. The number of rotatable bonds is 6. The maximum absolute atomic E-state index is 12.2. The van der Waals surface area contributed by atoms with Gasteiger partial charge in [-0.2, -0.15) is 0 Å². The summed E-state index contributed by atoms with van der Waals surface area (Å²) in [6.45, 7) is 11.3. The first-order chi connectivity index (χ1) is 8.88. The van der Waals surface area contributed by atoms with Crippen molar-refractivity contribution in [3.05, 3.63) is 0 Å². The lowest BCUT2D eigenvalue weighted by Crippen LogP contribution is -2.51. The minimum atomic E-state index is -0.373. The molecule has 112 valence electrons. The lowest BCUT2D eigenvalue weighted by atomic mass is 10.0. The Hall–Kier alpha value is -0.650. The molecule has 1 aliphatic heterocycles. The molecule has 1 rings (SSSR count). The first-order valence-electron chi connectivity index (χ1n) is 7.13. The van der Waals surface area contributed by atoms with Crippen molar-refractivity contribution in [3.8, 4) is 0 Å². The van der Waals surface area contributed by atoms with Crippen molar-refractivity contribution in [2.75, 3.05) is 46.4 Å². The van der Waals surface area contributed by atoms with Crippen LogP contribution in [-0.4, -0.2) is 67.7 Å². The third-order valence-electron chi connectivity index (χ3n) is 3.83. The molecule has 1 fully saturated rings. The molecular formula is C14H29N3O2. The van der Waals surface area contributed by atoms with Crippen molar-refractivity contribution in [3.63, 3.8) is 0 Å². The van der Waals surface area contributed by atoms with Crippen molar-refractivity contribution in [1.82, 2.24) is 9.80 Å². The van der Waals surface area contributed by atoms with Gasteiger partial charge in [0, 0.05) is 39.8 Å². The van der Waals surface area contributed by atoms with E-state index < -0.39 is 0 Å². The average Bonchev–Trinajstić information content (AvgIpc) is 2.39. The number of methoxy groups -OCH3 is 1.